The van der Waals surface area contributed by atoms with Gasteiger partial charge in [-0.15, -0.1) is 36.2 Å². The molecule has 0 saturated carbocycles. The summed E-state index contributed by atoms with van der Waals surface area (Å²) >= 11 is 1.70. The van der Waals surface area contributed by atoms with Crippen LogP contribution in [0.4, 0.5) is 0 Å². The van der Waals surface area contributed by atoms with E-state index in [4.69, 9.17) is 5.73 Å². The van der Waals surface area contributed by atoms with Crippen LogP contribution in [0.5, 0.6) is 0 Å². The van der Waals surface area contributed by atoms with Gasteiger partial charge in [-0.25, -0.2) is 0 Å². The average Bonchev–Trinajstić information content (AvgIpc) is 3.03. The number of rotatable bonds is 7. The quantitative estimate of drug-likeness (QED) is 0.764. The number of thiophene rings is 1. The summed E-state index contributed by atoms with van der Waals surface area (Å²) in [5.74, 6) is -0.315. The molecule has 0 saturated heterocycles. The molecule has 3 N–H and O–H groups in total. The Morgan fingerprint density at radius 1 is 1.17 bits per heavy atom. The van der Waals surface area contributed by atoms with Crippen LogP contribution in [0.3, 0.4) is 0 Å². The largest absolute Gasteiger partial charge is 0.354 e. The standard InChI is InChI=1S/C17H23N3OS.2ClH/c1-20(2)15(16-9-6-10-22-16)12-19-17(21)14(11-18)13-7-4-3-5-8-13;;/h3-10,14-15H,11-12,18H2,1-2H3,(H,19,21);2*1H. The molecule has 1 aromatic heterocycles. The highest BCUT2D eigenvalue weighted by molar-refractivity contribution is 7.10. The van der Waals surface area contributed by atoms with Gasteiger partial charge < -0.3 is 16.0 Å². The summed E-state index contributed by atoms with van der Waals surface area (Å²) in [7, 11) is 4.04. The Bertz CT molecular complexity index is 579. The van der Waals surface area contributed by atoms with E-state index in [1.54, 1.807) is 11.3 Å². The normalized spacial score (nSPS) is 12.7. The van der Waals surface area contributed by atoms with Gasteiger partial charge in [-0.1, -0.05) is 36.4 Å². The molecule has 2 unspecified atom stereocenters. The fourth-order valence-corrected chi connectivity index (χ4v) is 3.34. The molecule has 24 heavy (non-hydrogen) atoms. The molecule has 1 amide bonds. The first kappa shape index (κ1) is 22.9. The zero-order valence-electron chi connectivity index (χ0n) is 13.8. The third-order valence-electron chi connectivity index (χ3n) is 3.72. The van der Waals surface area contributed by atoms with Gasteiger partial charge in [-0.05, 0) is 31.1 Å². The van der Waals surface area contributed by atoms with Crippen LogP contribution in [0.2, 0.25) is 0 Å². The average molecular weight is 390 g/mol. The third kappa shape index (κ3) is 6.07. The lowest BCUT2D eigenvalue weighted by atomic mass is 9.98. The second-order valence-corrected chi connectivity index (χ2v) is 6.42. The molecule has 2 aromatic rings. The van der Waals surface area contributed by atoms with Crippen LogP contribution in [0.15, 0.2) is 47.8 Å². The van der Waals surface area contributed by atoms with Gasteiger partial charge in [0.1, 0.15) is 0 Å². The molecule has 134 valence electrons. The Balaban J connectivity index is 0.00000264. The van der Waals surface area contributed by atoms with E-state index in [0.29, 0.717) is 13.1 Å². The molecule has 0 aliphatic heterocycles. The van der Waals surface area contributed by atoms with Crippen molar-refractivity contribution in [3.05, 3.63) is 58.3 Å². The van der Waals surface area contributed by atoms with Gasteiger partial charge >= 0.3 is 0 Å². The Morgan fingerprint density at radius 3 is 2.33 bits per heavy atom. The van der Waals surface area contributed by atoms with Crippen molar-refractivity contribution in [3.8, 4) is 0 Å². The molecule has 1 aromatic carbocycles. The van der Waals surface area contributed by atoms with Crippen molar-refractivity contribution in [2.45, 2.75) is 12.0 Å². The number of benzene rings is 1. The SMILES string of the molecule is CN(C)C(CNC(=O)C(CN)c1ccccc1)c1cccs1.Cl.Cl. The molecule has 1 heterocycles. The van der Waals surface area contributed by atoms with Crippen LogP contribution in [0.25, 0.3) is 0 Å². The highest BCUT2D eigenvalue weighted by Crippen LogP contribution is 2.23. The van der Waals surface area contributed by atoms with E-state index in [1.807, 2.05) is 50.5 Å². The van der Waals surface area contributed by atoms with E-state index in [2.05, 4.69) is 21.7 Å². The Hall–Kier alpha value is -1.11. The molecular formula is C17H25Cl2N3OS. The maximum atomic E-state index is 12.5. The summed E-state index contributed by atoms with van der Waals surface area (Å²) in [6.07, 6.45) is 0. The predicted molar refractivity (Wildman–Crippen MR) is 106 cm³/mol. The van der Waals surface area contributed by atoms with Crippen LogP contribution >= 0.6 is 36.2 Å². The van der Waals surface area contributed by atoms with Crippen molar-refractivity contribution in [2.75, 3.05) is 27.2 Å². The fourth-order valence-electron chi connectivity index (χ4n) is 2.42. The van der Waals surface area contributed by atoms with Gasteiger partial charge in [0.05, 0.1) is 12.0 Å². The van der Waals surface area contributed by atoms with Crippen molar-refractivity contribution in [1.82, 2.24) is 10.2 Å². The molecular weight excluding hydrogens is 365 g/mol. The summed E-state index contributed by atoms with van der Waals surface area (Å²) < 4.78 is 0. The van der Waals surface area contributed by atoms with E-state index >= 15 is 0 Å². The van der Waals surface area contributed by atoms with Gasteiger partial charge in [0.15, 0.2) is 0 Å². The fraction of sp³-hybridized carbons (Fsp3) is 0.353. The molecule has 4 nitrogen and oxygen atoms in total. The Morgan fingerprint density at radius 2 is 1.83 bits per heavy atom. The summed E-state index contributed by atoms with van der Waals surface area (Å²) in [5.41, 5.74) is 6.76. The van der Waals surface area contributed by atoms with Gasteiger partial charge in [-0.2, -0.15) is 0 Å². The van der Waals surface area contributed by atoms with Crippen molar-refractivity contribution in [3.63, 3.8) is 0 Å². The smallest absolute Gasteiger partial charge is 0.228 e. The zero-order valence-corrected chi connectivity index (χ0v) is 16.3. The predicted octanol–water partition coefficient (Wildman–Crippen LogP) is 3.05. The second-order valence-electron chi connectivity index (χ2n) is 5.44. The number of hydrogen-bond acceptors (Lipinski definition) is 4. The molecule has 2 atom stereocenters. The molecule has 0 aliphatic rings. The monoisotopic (exact) mass is 389 g/mol. The van der Waals surface area contributed by atoms with Crippen LogP contribution in [-0.2, 0) is 4.79 Å². The summed E-state index contributed by atoms with van der Waals surface area (Å²) in [6.45, 7) is 0.886. The van der Waals surface area contributed by atoms with E-state index in [1.165, 1.54) is 4.88 Å². The lowest BCUT2D eigenvalue weighted by molar-refractivity contribution is -0.122. The number of halogens is 2. The first-order chi connectivity index (χ1) is 10.6. The lowest BCUT2D eigenvalue weighted by Gasteiger charge is -2.25. The minimum Gasteiger partial charge on any atom is -0.354 e. The first-order valence-corrected chi connectivity index (χ1v) is 8.24. The maximum absolute atomic E-state index is 12.5. The minimum atomic E-state index is -0.299. The topological polar surface area (TPSA) is 58.4 Å². The van der Waals surface area contributed by atoms with Gasteiger partial charge in [0.2, 0.25) is 5.91 Å². The maximum Gasteiger partial charge on any atom is 0.228 e. The first-order valence-electron chi connectivity index (χ1n) is 7.36. The van der Waals surface area contributed by atoms with Crippen molar-refractivity contribution >= 4 is 42.1 Å². The Kier molecular flexibility index (Phi) is 10.9. The number of likely N-dealkylation sites (N-methyl/N-ethyl adjacent to an activating group) is 1. The highest BCUT2D eigenvalue weighted by Gasteiger charge is 2.21. The molecule has 2 rings (SSSR count). The number of carbonyl (C=O) groups excluding carboxylic acids is 1. The summed E-state index contributed by atoms with van der Waals surface area (Å²) in [5, 5.41) is 5.10. The van der Waals surface area contributed by atoms with E-state index in [9.17, 15) is 4.79 Å². The number of nitrogens with zero attached hydrogens (tertiary/aromatic N) is 1. The third-order valence-corrected chi connectivity index (χ3v) is 4.69. The Labute approximate surface area is 160 Å². The number of nitrogens with two attached hydrogens (primary N) is 1. The van der Waals surface area contributed by atoms with Crippen molar-refractivity contribution in [2.24, 2.45) is 5.73 Å². The van der Waals surface area contributed by atoms with E-state index < -0.39 is 0 Å². The van der Waals surface area contributed by atoms with Gasteiger partial charge in [-0.3, -0.25) is 4.79 Å². The number of carbonyl (C=O) groups is 1. The number of hydrogen-bond donors (Lipinski definition) is 2. The van der Waals surface area contributed by atoms with Crippen LogP contribution in [0, 0.1) is 0 Å². The summed E-state index contributed by atoms with van der Waals surface area (Å²) in [4.78, 5) is 15.8. The molecule has 7 heteroatoms. The number of amides is 1. The van der Waals surface area contributed by atoms with E-state index in [0.717, 1.165) is 5.56 Å². The van der Waals surface area contributed by atoms with Crippen LogP contribution < -0.4 is 11.1 Å². The van der Waals surface area contributed by atoms with E-state index in [-0.39, 0.29) is 42.7 Å². The van der Waals surface area contributed by atoms with Crippen molar-refractivity contribution in [1.29, 1.82) is 0 Å². The van der Waals surface area contributed by atoms with Crippen LogP contribution in [-0.4, -0.2) is 38.0 Å². The molecule has 0 spiro atoms. The number of nitrogens with one attached hydrogen (secondary N) is 1. The highest BCUT2D eigenvalue weighted by atomic mass is 35.5. The molecule has 0 radical (unpaired) electrons. The van der Waals surface area contributed by atoms with Crippen LogP contribution in [0.1, 0.15) is 22.4 Å². The minimum absolute atomic E-state index is 0. The lowest BCUT2D eigenvalue weighted by Crippen LogP contribution is -2.38. The van der Waals surface area contributed by atoms with Crippen molar-refractivity contribution < 1.29 is 4.79 Å². The van der Waals surface area contributed by atoms with Gasteiger partial charge in [0, 0.05) is 18.0 Å². The summed E-state index contributed by atoms with van der Waals surface area (Å²) in [6, 6.07) is 14.0. The zero-order chi connectivity index (χ0) is 15.9. The molecule has 0 fully saturated rings. The molecule has 0 bridgehead atoms. The van der Waals surface area contributed by atoms with Gasteiger partial charge in [0.25, 0.3) is 0 Å². The molecule has 0 aliphatic carbocycles. The second kappa shape index (κ2) is 11.4.